The Morgan fingerprint density at radius 2 is 2.12 bits per heavy atom. The molecule has 0 radical (unpaired) electrons. The summed E-state index contributed by atoms with van der Waals surface area (Å²) in [4.78, 5) is 12.6. The summed E-state index contributed by atoms with van der Waals surface area (Å²) in [6.45, 7) is 1.97. The summed E-state index contributed by atoms with van der Waals surface area (Å²) < 4.78 is 7.63. The number of amides is 1. The molecule has 128 valence electrons. The quantitative estimate of drug-likeness (QED) is 0.694. The van der Waals surface area contributed by atoms with Gasteiger partial charge >= 0.3 is 0 Å². The van der Waals surface area contributed by atoms with Gasteiger partial charge in [0.1, 0.15) is 12.1 Å². The molecule has 1 N–H and O–H groups in total. The predicted octanol–water partition coefficient (Wildman–Crippen LogP) is 3.65. The SMILES string of the molecule is COc1cc(-n2cnnn2)c(Cl)cc1C(=O)Nc1ccc(C)c(Br)c1. The maximum atomic E-state index is 12.6. The number of aromatic nitrogens is 4. The van der Waals surface area contributed by atoms with E-state index in [1.165, 1.54) is 24.2 Å². The molecule has 0 spiro atoms. The molecule has 0 saturated heterocycles. The molecule has 0 aliphatic heterocycles. The molecule has 0 unspecified atom stereocenters. The zero-order valence-corrected chi connectivity index (χ0v) is 15.7. The first-order valence-corrected chi connectivity index (χ1v) is 8.35. The molecule has 9 heteroatoms. The molecule has 0 bridgehead atoms. The van der Waals surface area contributed by atoms with Crippen LogP contribution in [0.2, 0.25) is 5.02 Å². The number of benzene rings is 2. The third-order valence-electron chi connectivity index (χ3n) is 3.54. The van der Waals surface area contributed by atoms with E-state index in [0.29, 0.717) is 27.7 Å². The van der Waals surface area contributed by atoms with Gasteiger partial charge in [-0.1, -0.05) is 33.6 Å². The van der Waals surface area contributed by atoms with Crippen LogP contribution < -0.4 is 10.1 Å². The number of carbonyl (C=O) groups is 1. The summed E-state index contributed by atoms with van der Waals surface area (Å²) in [6.07, 6.45) is 1.41. The number of aryl methyl sites for hydroxylation is 1. The van der Waals surface area contributed by atoms with Crippen molar-refractivity contribution in [2.24, 2.45) is 0 Å². The maximum absolute atomic E-state index is 12.6. The Bertz CT molecular complexity index is 931. The van der Waals surface area contributed by atoms with E-state index in [1.54, 1.807) is 6.07 Å². The smallest absolute Gasteiger partial charge is 0.259 e. The first-order valence-electron chi connectivity index (χ1n) is 7.18. The second kappa shape index (κ2) is 7.20. The van der Waals surface area contributed by atoms with Crippen LogP contribution in [0, 0.1) is 6.92 Å². The second-order valence-electron chi connectivity index (χ2n) is 5.18. The minimum absolute atomic E-state index is 0.307. The van der Waals surface area contributed by atoms with Crippen LogP contribution in [-0.4, -0.2) is 33.2 Å². The molecule has 0 saturated carbocycles. The molecule has 7 nitrogen and oxygen atoms in total. The van der Waals surface area contributed by atoms with E-state index in [-0.39, 0.29) is 5.91 Å². The highest BCUT2D eigenvalue weighted by Gasteiger charge is 2.18. The van der Waals surface area contributed by atoms with Crippen molar-refractivity contribution in [3.8, 4) is 11.4 Å². The first kappa shape index (κ1) is 17.4. The molecule has 0 aliphatic rings. The standard InChI is InChI=1S/C16H13BrClN5O2/c1-9-3-4-10(5-12(9)17)20-16(24)11-6-13(18)14(7-15(11)25-2)23-8-19-21-22-23/h3-8H,1-2H3,(H,20,24). The lowest BCUT2D eigenvalue weighted by Crippen LogP contribution is -2.14. The molecule has 3 rings (SSSR count). The zero-order valence-electron chi connectivity index (χ0n) is 13.3. The third-order valence-corrected chi connectivity index (χ3v) is 4.70. The summed E-state index contributed by atoms with van der Waals surface area (Å²) >= 11 is 9.73. The van der Waals surface area contributed by atoms with Crippen molar-refractivity contribution in [1.29, 1.82) is 0 Å². The Morgan fingerprint density at radius 1 is 1.32 bits per heavy atom. The van der Waals surface area contributed by atoms with Crippen molar-refractivity contribution in [3.63, 3.8) is 0 Å². The molecule has 0 fully saturated rings. The fourth-order valence-electron chi connectivity index (χ4n) is 2.21. The van der Waals surface area contributed by atoms with Gasteiger partial charge in [0.05, 0.1) is 23.4 Å². The lowest BCUT2D eigenvalue weighted by atomic mass is 10.1. The van der Waals surface area contributed by atoms with Crippen molar-refractivity contribution in [2.75, 3.05) is 12.4 Å². The number of rotatable bonds is 4. The van der Waals surface area contributed by atoms with Crippen LogP contribution in [0.4, 0.5) is 5.69 Å². The second-order valence-corrected chi connectivity index (χ2v) is 6.44. The van der Waals surface area contributed by atoms with Gasteiger partial charge in [-0.25, -0.2) is 0 Å². The normalized spacial score (nSPS) is 10.6. The Hall–Kier alpha value is -2.45. The van der Waals surface area contributed by atoms with Crippen LogP contribution in [0.5, 0.6) is 5.75 Å². The molecule has 0 aliphatic carbocycles. The molecule has 2 aromatic carbocycles. The number of nitrogens with one attached hydrogen (secondary N) is 1. The lowest BCUT2D eigenvalue weighted by molar-refractivity contribution is 0.102. The van der Waals surface area contributed by atoms with E-state index >= 15 is 0 Å². The van der Waals surface area contributed by atoms with Gasteiger partial charge < -0.3 is 10.1 Å². The van der Waals surface area contributed by atoms with E-state index in [4.69, 9.17) is 16.3 Å². The molecule has 25 heavy (non-hydrogen) atoms. The van der Waals surface area contributed by atoms with Gasteiger partial charge in [0.25, 0.3) is 5.91 Å². The van der Waals surface area contributed by atoms with Crippen LogP contribution in [0.15, 0.2) is 41.1 Å². The third kappa shape index (κ3) is 3.64. The first-order chi connectivity index (χ1) is 12.0. The monoisotopic (exact) mass is 421 g/mol. The Balaban J connectivity index is 1.94. The zero-order chi connectivity index (χ0) is 18.0. The van der Waals surface area contributed by atoms with Crippen LogP contribution >= 0.6 is 27.5 Å². The highest BCUT2D eigenvalue weighted by Crippen LogP contribution is 2.30. The van der Waals surface area contributed by atoms with Crippen LogP contribution in [0.1, 0.15) is 15.9 Å². The number of nitrogens with zero attached hydrogens (tertiary/aromatic N) is 4. The van der Waals surface area contributed by atoms with Crippen molar-refractivity contribution >= 4 is 39.1 Å². The maximum Gasteiger partial charge on any atom is 0.259 e. The van der Waals surface area contributed by atoms with Gasteiger partial charge in [0.2, 0.25) is 0 Å². The number of anilines is 1. The molecule has 1 aromatic heterocycles. The number of ether oxygens (including phenoxy) is 1. The Kier molecular flexibility index (Phi) is 5.00. The average Bonchev–Trinajstić information content (AvgIpc) is 3.12. The number of carbonyl (C=O) groups excluding carboxylic acids is 1. The Labute approximate surface area is 157 Å². The summed E-state index contributed by atoms with van der Waals surface area (Å²) in [5.41, 5.74) is 2.55. The highest BCUT2D eigenvalue weighted by molar-refractivity contribution is 9.10. The van der Waals surface area contributed by atoms with Crippen molar-refractivity contribution < 1.29 is 9.53 Å². The average molecular weight is 423 g/mol. The van der Waals surface area contributed by atoms with E-state index in [0.717, 1.165) is 10.0 Å². The van der Waals surface area contributed by atoms with Gasteiger partial charge in [-0.3, -0.25) is 4.79 Å². The summed E-state index contributed by atoms with van der Waals surface area (Å²) in [5, 5.41) is 14.1. The summed E-state index contributed by atoms with van der Waals surface area (Å²) in [5.74, 6) is 0.0244. The highest BCUT2D eigenvalue weighted by atomic mass is 79.9. The molecule has 1 amide bonds. The van der Waals surface area contributed by atoms with Gasteiger partial charge in [-0.2, -0.15) is 4.68 Å². The summed E-state index contributed by atoms with van der Waals surface area (Å²) in [7, 11) is 1.48. The van der Waals surface area contributed by atoms with E-state index in [2.05, 4.69) is 36.8 Å². The van der Waals surface area contributed by atoms with Gasteiger partial charge in [0, 0.05) is 16.2 Å². The lowest BCUT2D eigenvalue weighted by Gasteiger charge is -2.13. The molecule has 3 aromatic rings. The topological polar surface area (TPSA) is 81.9 Å². The van der Waals surface area contributed by atoms with Crippen molar-refractivity contribution in [1.82, 2.24) is 20.2 Å². The molecular formula is C16H13BrClN5O2. The van der Waals surface area contributed by atoms with Gasteiger partial charge in [-0.15, -0.1) is 5.10 Å². The predicted molar refractivity (Wildman–Crippen MR) is 97.5 cm³/mol. The fourth-order valence-corrected chi connectivity index (χ4v) is 2.83. The van der Waals surface area contributed by atoms with Crippen LogP contribution in [0.25, 0.3) is 5.69 Å². The number of hydrogen-bond donors (Lipinski definition) is 1. The van der Waals surface area contributed by atoms with E-state index < -0.39 is 0 Å². The van der Waals surface area contributed by atoms with Crippen LogP contribution in [0.3, 0.4) is 0 Å². The number of halogens is 2. The van der Waals surface area contributed by atoms with Gasteiger partial charge in [0.15, 0.2) is 0 Å². The van der Waals surface area contributed by atoms with Crippen LogP contribution in [-0.2, 0) is 0 Å². The number of methoxy groups -OCH3 is 1. The van der Waals surface area contributed by atoms with Gasteiger partial charge in [-0.05, 0) is 41.1 Å². The Morgan fingerprint density at radius 3 is 2.76 bits per heavy atom. The largest absolute Gasteiger partial charge is 0.496 e. The molecule has 0 atom stereocenters. The number of tetrazole rings is 1. The number of hydrogen-bond acceptors (Lipinski definition) is 5. The summed E-state index contributed by atoms with van der Waals surface area (Å²) in [6, 6.07) is 8.69. The van der Waals surface area contributed by atoms with Crippen molar-refractivity contribution in [2.45, 2.75) is 6.92 Å². The minimum atomic E-state index is -0.335. The molecule has 1 heterocycles. The minimum Gasteiger partial charge on any atom is -0.496 e. The molecular weight excluding hydrogens is 410 g/mol. The fraction of sp³-hybridized carbons (Fsp3) is 0.125. The van der Waals surface area contributed by atoms with Crippen molar-refractivity contribution in [3.05, 3.63) is 57.3 Å². The van der Waals surface area contributed by atoms with E-state index in [9.17, 15) is 4.79 Å². The van der Waals surface area contributed by atoms with E-state index in [1.807, 2.05) is 25.1 Å².